The smallest absolute Gasteiger partial charge is 0.126 e. The molecule has 2 heteroatoms. The molecule has 0 aliphatic heterocycles. The molecule has 2 atom stereocenters. The number of unbranched alkanes of at least 4 members (excludes halogenated alkanes) is 1. The van der Waals surface area contributed by atoms with Gasteiger partial charge in [0, 0.05) is 7.11 Å². The molecule has 0 saturated heterocycles. The van der Waals surface area contributed by atoms with Crippen molar-refractivity contribution in [1.82, 2.24) is 0 Å². The zero-order valence-electron chi connectivity index (χ0n) is 12.1. The van der Waals surface area contributed by atoms with E-state index in [0.717, 1.165) is 30.6 Å². The predicted molar refractivity (Wildman–Crippen MR) is 75.5 cm³/mol. The Morgan fingerprint density at radius 2 is 2.00 bits per heavy atom. The summed E-state index contributed by atoms with van der Waals surface area (Å²) in [4.78, 5) is 11.4. The van der Waals surface area contributed by atoms with Crippen molar-refractivity contribution >= 4 is 6.29 Å². The second-order valence-electron chi connectivity index (χ2n) is 5.63. The summed E-state index contributed by atoms with van der Waals surface area (Å²) in [6.45, 7) is 6.51. The summed E-state index contributed by atoms with van der Waals surface area (Å²) in [5.74, 6) is 0.675. The number of carbonyl (C=O) groups excluding carboxylic acids is 1. The molecular formula is C16H26O2. The summed E-state index contributed by atoms with van der Waals surface area (Å²) in [6.07, 6.45) is 11.5. The molecule has 18 heavy (non-hydrogen) atoms. The van der Waals surface area contributed by atoms with E-state index >= 15 is 0 Å². The molecule has 0 saturated carbocycles. The van der Waals surface area contributed by atoms with Crippen molar-refractivity contribution in [1.29, 1.82) is 0 Å². The fourth-order valence-corrected chi connectivity index (χ4v) is 2.69. The normalized spacial score (nSPS) is 24.4. The summed E-state index contributed by atoms with van der Waals surface area (Å²) >= 11 is 0. The van der Waals surface area contributed by atoms with E-state index in [1.807, 2.05) is 25.2 Å². The monoisotopic (exact) mass is 250 g/mol. The summed E-state index contributed by atoms with van der Waals surface area (Å²) in [5, 5.41) is 0. The first-order valence-electron chi connectivity index (χ1n) is 6.94. The Morgan fingerprint density at radius 3 is 2.44 bits per heavy atom. The number of allylic oxidation sites excluding steroid dienone is 2. The molecule has 1 rings (SSSR count). The molecule has 0 spiro atoms. The number of ether oxygens (including phenoxy) is 1. The van der Waals surface area contributed by atoms with Gasteiger partial charge in [-0.2, -0.15) is 0 Å². The van der Waals surface area contributed by atoms with Gasteiger partial charge in [-0.1, -0.05) is 45.3 Å². The van der Waals surface area contributed by atoms with Crippen molar-refractivity contribution in [2.45, 2.75) is 52.1 Å². The van der Waals surface area contributed by atoms with Crippen LogP contribution in [0.3, 0.4) is 0 Å². The number of rotatable bonds is 8. The molecule has 2 unspecified atom stereocenters. The maximum Gasteiger partial charge on any atom is 0.126 e. The average Bonchev–Trinajstić information content (AvgIpc) is 2.71. The molecule has 0 radical (unpaired) electrons. The van der Waals surface area contributed by atoms with Crippen LogP contribution < -0.4 is 0 Å². The van der Waals surface area contributed by atoms with E-state index in [4.69, 9.17) is 4.74 Å². The SMILES string of the molecule is COC1(C(C=O)CCCCC(C)C)C=CC=C1C. The second-order valence-corrected chi connectivity index (χ2v) is 5.63. The molecule has 0 aromatic carbocycles. The van der Waals surface area contributed by atoms with Crippen LogP contribution in [0.2, 0.25) is 0 Å². The molecule has 0 fully saturated rings. The van der Waals surface area contributed by atoms with Crippen LogP contribution in [-0.2, 0) is 9.53 Å². The third-order valence-corrected chi connectivity index (χ3v) is 3.91. The van der Waals surface area contributed by atoms with E-state index in [1.165, 1.54) is 12.8 Å². The van der Waals surface area contributed by atoms with Crippen LogP contribution in [0, 0.1) is 11.8 Å². The Bertz CT molecular complexity index is 328. The predicted octanol–water partition coefficient (Wildman–Crippen LogP) is 3.92. The quantitative estimate of drug-likeness (QED) is 0.482. The lowest BCUT2D eigenvalue weighted by atomic mass is 9.81. The van der Waals surface area contributed by atoms with Crippen LogP contribution in [0.25, 0.3) is 0 Å². The van der Waals surface area contributed by atoms with Crippen LogP contribution in [0.4, 0.5) is 0 Å². The number of methoxy groups -OCH3 is 1. The summed E-state index contributed by atoms with van der Waals surface area (Å²) in [6, 6.07) is 0. The second kappa shape index (κ2) is 6.89. The minimum atomic E-state index is -0.487. The number of hydrogen-bond donors (Lipinski definition) is 0. The van der Waals surface area contributed by atoms with E-state index in [0.29, 0.717) is 0 Å². The van der Waals surface area contributed by atoms with Gasteiger partial charge in [-0.05, 0) is 30.9 Å². The molecule has 1 aliphatic rings. The zero-order valence-corrected chi connectivity index (χ0v) is 12.1. The van der Waals surface area contributed by atoms with E-state index < -0.39 is 5.60 Å². The van der Waals surface area contributed by atoms with Gasteiger partial charge in [0.05, 0.1) is 5.92 Å². The molecule has 2 nitrogen and oxygen atoms in total. The highest BCUT2D eigenvalue weighted by atomic mass is 16.5. The van der Waals surface area contributed by atoms with E-state index in [1.54, 1.807) is 7.11 Å². The topological polar surface area (TPSA) is 26.3 Å². The van der Waals surface area contributed by atoms with Gasteiger partial charge in [-0.25, -0.2) is 0 Å². The summed E-state index contributed by atoms with van der Waals surface area (Å²) in [7, 11) is 1.69. The van der Waals surface area contributed by atoms with E-state index in [9.17, 15) is 4.79 Å². The third kappa shape index (κ3) is 3.32. The molecule has 0 heterocycles. The molecule has 0 amide bonds. The van der Waals surface area contributed by atoms with Crippen LogP contribution in [0.5, 0.6) is 0 Å². The van der Waals surface area contributed by atoms with E-state index in [-0.39, 0.29) is 5.92 Å². The lowest BCUT2D eigenvalue weighted by Crippen LogP contribution is -2.39. The highest BCUT2D eigenvalue weighted by Crippen LogP contribution is 2.36. The molecule has 0 bridgehead atoms. The van der Waals surface area contributed by atoms with E-state index in [2.05, 4.69) is 13.8 Å². The number of hydrogen-bond acceptors (Lipinski definition) is 2. The minimum absolute atomic E-state index is 0.0651. The van der Waals surface area contributed by atoms with Crippen LogP contribution in [0.1, 0.15) is 46.5 Å². The van der Waals surface area contributed by atoms with Gasteiger partial charge in [-0.15, -0.1) is 0 Å². The molecule has 0 aromatic rings. The number of aldehydes is 1. The summed E-state index contributed by atoms with van der Waals surface area (Å²) < 4.78 is 5.66. The van der Waals surface area contributed by atoms with Crippen molar-refractivity contribution in [3.8, 4) is 0 Å². The summed E-state index contributed by atoms with van der Waals surface area (Å²) in [5.41, 5.74) is 0.644. The van der Waals surface area contributed by atoms with Gasteiger partial charge >= 0.3 is 0 Å². The van der Waals surface area contributed by atoms with Crippen LogP contribution in [0.15, 0.2) is 23.8 Å². The number of carbonyl (C=O) groups is 1. The molecular weight excluding hydrogens is 224 g/mol. The van der Waals surface area contributed by atoms with Crippen LogP contribution in [-0.4, -0.2) is 19.0 Å². The highest BCUT2D eigenvalue weighted by molar-refractivity contribution is 5.60. The lowest BCUT2D eigenvalue weighted by molar-refractivity contribution is -0.117. The average molecular weight is 250 g/mol. The highest BCUT2D eigenvalue weighted by Gasteiger charge is 2.39. The Morgan fingerprint density at radius 1 is 1.33 bits per heavy atom. The van der Waals surface area contributed by atoms with Crippen molar-refractivity contribution in [2.75, 3.05) is 7.11 Å². The maximum atomic E-state index is 11.4. The minimum Gasteiger partial charge on any atom is -0.369 e. The first-order chi connectivity index (χ1) is 8.56. The van der Waals surface area contributed by atoms with Gasteiger partial charge in [0.25, 0.3) is 0 Å². The Labute approximate surface area is 111 Å². The Balaban J connectivity index is 2.57. The lowest BCUT2D eigenvalue weighted by Gasteiger charge is -2.33. The Kier molecular flexibility index (Phi) is 5.80. The molecule has 1 aliphatic carbocycles. The van der Waals surface area contributed by atoms with Gasteiger partial charge in [0.15, 0.2) is 0 Å². The zero-order chi connectivity index (χ0) is 13.6. The van der Waals surface area contributed by atoms with Gasteiger partial charge in [-0.3, -0.25) is 0 Å². The largest absolute Gasteiger partial charge is 0.369 e. The molecule has 0 N–H and O–H groups in total. The van der Waals surface area contributed by atoms with Crippen LogP contribution >= 0.6 is 0 Å². The van der Waals surface area contributed by atoms with Gasteiger partial charge < -0.3 is 9.53 Å². The van der Waals surface area contributed by atoms with Crippen molar-refractivity contribution < 1.29 is 9.53 Å². The fourth-order valence-electron chi connectivity index (χ4n) is 2.69. The third-order valence-electron chi connectivity index (χ3n) is 3.91. The van der Waals surface area contributed by atoms with Crippen molar-refractivity contribution in [3.63, 3.8) is 0 Å². The van der Waals surface area contributed by atoms with Gasteiger partial charge in [0.1, 0.15) is 11.9 Å². The van der Waals surface area contributed by atoms with Crippen molar-refractivity contribution in [3.05, 3.63) is 23.8 Å². The maximum absolute atomic E-state index is 11.4. The van der Waals surface area contributed by atoms with Crippen molar-refractivity contribution in [2.24, 2.45) is 11.8 Å². The molecule has 102 valence electrons. The fraction of sp³-hybridized carbons (Fsp3) is 0.688. The Hall–Kier alpha value is -0.890. The van der Waals surface area contributed by atoms with Gasteiger partial charge in [0.2, 0.25) is 0 Å². The molecule has 0 aromatic heterocycles. The first-order valence-corrected chi connectivity index (χ1v) is 6.94. The first kappa shape index (κ1) is 15.2. The standard InChI is InChI=1S/C16H26O2/c1-13(2)8-5-6-10-15(12-17)16(18-4)11-7-9-14(16)3/h7,9,11-13,15H,5-6,8,10H2,1-4H3.